The van der Waals surface area contributed by atoms with E-state index >= 15 is 0 Å². The third-order valence-corrected chi connectivity index (χ3v) is 6.70. The Bertz CT molecular complexity index is 1330. The van der Waals surface area contributed by atoms with Crippen LogP contribution in [-0.2, 0) is 11.3 Å². The average Bonchev–Trinajstić information content (AvgIpc) is 3.29. The van der Waals surface area contributed by atoms with Crippen LogP contribution in [0, 0.1) is 16.0 Å². The van der Waals surface area contributed by atoms with E-state index in [-0.39, 0.29) is 34.0 Å². The second-order valence-corrected chi connectivity index (χ2v) is 9.77. The van der Waals surface area contributed by atoms with Crippen molar-refractivity contribution < 1.29 is 19.2 Å². The number of aromatic nitrogens is 3. The van der Waals surface area contributed by atoms with Crippen LogP contribution in [0.4, 0.5) is 11.4 Å². The summed E-state index contributed by atoms with van der Waals surface area (Å²) in [5.74, 6) is 0.376. The van der Waals surface area contributed by atoms with Crippen LogP contribution in [0.5, 0.6) is 5.75 Å². The summed E-state index contributed by atoms with van der Waals surface area (Å²) in [4.78, 5) is 36.0. The third-order valence-electron chi connectivity index (χ3n) is 5.41. The van der Waals surface area contributed by atoms with Crippen molar-refractivity contribution in [2.24, 2.45) is 5.92 Å². The number of halogens is 1. The summed E-state index contributed by atoms with van der Waals surface area (Å²) in [5.41, 5.74) is 0.419. The number of carbonyl (C=O) groups excluding carboxylic acids is 2. The third kappa shape index (κ3) is 7.11. The monoisotopic (exact) mass is 558 g/mol. The smallest absolute Gasteiger partial charge is 0.271 e. The lowest BCUT2D eigenvalue weighted by molar-refractivity contribution is -0.384. The molecule has 0 saturated carbocycles. The van der Waals surface area contributed by atoms with Crippen molar-refractivity contribution >= 4 is 46.6 Å². The number of ether oxygens (including phenoxy) is 1. The van der Waals surface area contributed by atoms with Crippen molar-refractivity contribution in [3.63, 3.8) is 0 Å². The number of non-ortho nitro benzene ring substituents is 1. The van der Waals surface area contributed by atoms with E-state index in [0.29, 0.717) is 28.8 Å². The first kappa shape index (κ1) is 28.7. The summed E-state index contributed by atoms with van der Waals surface area (Å²) in [6.45, 7) is 8.05. The number of benzene rings is 2. The topological polar surface area (TPSA) is 141 Å². The Morgan fingerprint density at radius 2 is 1.95 bits per heavy atom. The lowest BCUT2D eigenvalue weighted by atomic mass is 10.0. The summed E-state index contributed by atoms with van der Waals surface area (Å²) < 4.78 is 6.93. The van der Waals surface area contributed by atoms with E-state index in [2.05, 4.69) is 27.4 Å². The molecule has 2 N–H and O–H groups in total. The predicted molar refractivity (Wildman–Crippen MR) is 146 cm³/mol. The molecule has 2 aromatic carbocycles. The van der Waals surface area contributed by atoms with Gasteiger partial charge in [0.2, 0.25) is 5.91 Å². The van der Waals surface area contributed by atoms with Gasteiger partial charge >= 0.3 is 0 Å². The van der Waals surface area contributed by atoms with E-state index in [0.717, 1.165) is 11.8 Å². The van der Waals surface area contributed by atoms with Crippen molar-refractivity contribution in [2.75, 3.05) is 18.2 Å². The van der Waals surface area contributed by atoms with E-state index < -0.39 is 16.9 Å². The Balaban J connectivity index is 1.75. The zero-order valence-electron chi connectivity index (χ0n) is 21.0. The van der Waals surface area contributed by atoms with Gasteiger partial charge in [-0.2, -0.15) is 0 Å². The second kappa shape index (κ2) is 13.1. The molecule has 0 saturated heterocycles. The molecule has 3 aromatic rings. The number of nitrogens with zero attached hydrogens (tertiary/aromatic N) is 4. The van der Waals surface area contributed by atoms with Gasteiger partial charge in [0.25, 0.3) is 11.6 Å². The maximum Gasteiger partial charge on any atom is 0.271 e. The Morgan fingerprint density at radius 3 is 2.55 bits per heavy atom. The summed E-state index contributed by atoms with van der Waals surface area (Å²) in [6.07, 6.45) is 1.67. The zero-order chi connectivity index (χ0) is 27.8. The molecule has 11 nitrogen and oxygen atoms in total. The molecule has 1 aromatic heterocycles. The van der Waals surface area contributed by atoms with E-state index in [1.807, 2.05) is 13.8 Å². The maximum absolute atomic E-state index is 13.0. The van der Waals surface area contributed by atoms with E-state index in [1.54, 1.807) is 42.0 Å². The van der Waals surface area contributed by atoms with Crippen LogP contribution in [0.2, 0.25) is 5.02 Å². The van der Waals surface area contributed by atoms with Crippen LogP contribution >= 0.6 is 23.4 Å². The molecule has 0 fully saturated rings. The van der Waals surface area contributed by atoms with Gasteiger partial charge in [-0.3, -0.25) is 19.7 Å². The second-order valence-electron chi connectivity index (χ2n) is 8.42. The van der Waals surface area contributed by atoms with Crippen LogP contribution in [0.15, 0.2) is 60.3 Å². The Morgan fingerprint density at radius 1 is 1.24 bits per heavy atom. The minimum absolute atomic E-state index is 0.0258. The van der Waals surface area contributed by atoms with Gasteiger partial charge in [-0.25, -0.2) is 0 Å². The lowest BCUT2D eigenvalue weighted by Gasteiger charge is -2.22. The standard InChI is InChI=1S/C25H27ClN6O5S/c1-5-12-31-23(22(15(2)3)28-24(34)16-6-9-18(37-4)10-7-16)29-30-25(31)38-14-21(33)27-20-13-17(32(35)36)8-11-19(20)26/h5-11,13,15,22H,1,12,14H2,2-4H3,(H,27,33)(H,28,34)/t22-/m1/s1. The Hall–Kier alpha value is -3.90. The summed E-state index contributed by atoms with van der Waals surface area (Å²) in [7, 11) is 1.55. The molecule has 1 atom stereocenters. The first-order valence-corrected chi connectivity index (χ1v) is 12.9. The van der Waals surface area contributed by atoms with E-state index in [1.165, 1.54) is 18.2 Å². The molecule has 0 aliphatic heterocycles. The summed E-state index contributed by atoms with van der Waals surface area (Å²) in [6, 6.07) is 10.1. The molecular weight excluding hydrogens is 532 g/mol. The Kier molecular flexibility index (Phi) is 9.85. The van der Waals surface area contributed by atoms with Gasteiger partial charge in [0.1, 0.15) is 5.75 Å². The van der Waals surface area contributed by atoms with Crippen molar-refractivity contribution in [1.82, 2.24) is 20.1 Å². The van der Waals surface area contributed by atoms with Gasteiger partial charge in [0.05, 0.1) is 34.5 Å². The number of allylic oxidation sites excluding steroid dienone is 1. The minimum Gasteiger partial charge on any atom is -0.497 e. The number of nitrogens with one attached hydrogen (secondary N) is 2. The number of amides is 2. The van der Waals surface area contributed by atoms with Crippen LogP contribution in [-0.4, -0.2) is 44.4 Å². The van der Waals surface area contributed by atoms with Gasteiger partial charge in [-0.05, 0) is 36.2 Å². The Labute approximate surface area is 228 Å². The lowest BCUT2D eigenvalue weighted by Crippen LogP contribution is -2.33. The van der Waals surface area contributed by atoms with Crippen LogP contribution < -0.4 is 15.4 Å². The molecule has 0 aliphatic carbocycles. The minimum atomic E-state index is -0.571. The number of anilines is 1. The zero-order valence-corrected chi connectivity index (χ0v) is 22.6. The molecule has 0 aliphatic rings. The highest BCUT2D eigenvalue weighted by molar-refractivity contribution is 7.99. The maximum atomic E-state index is 13.0. The summed E-state index contributed by atoms with van der Waals surface area (Å²) >= 11 is 7.20. The van der Waals surface area contributed by atoms with E-state index in [4.69, 9.17) is 16.3 Å². The molecule has 0 unspecified atom stereocenters. The van der Waals surface area contributed by atoms with Crippen molar-refractivity contribution in [2.45, 2.75) is 31.6 Å². The number of nitro benzene ring substituents is 1. The van der Waals surface area contributed by atoms with Gasteiger partial charge < -0.3 is 19.9 Å². The fourth-order valence-corrected chi connectivity index (χ4v) is 4.39. The molecule has 38 heavy (non-hydrogen) atoms. The average molecular weight is 559 g/mol. The first-order valence-electron chi connectivity index (χ1n) is 11.5. The quantitative estimate of drug-likeness (QED) is 0.138. The molecule has 0 radical (unpaired) electrons. The van der Waals surface area contributed by atoms with Gasteiger partial charge in [-0.15, -0.1) is 16.8 Å². The summed E-state index contributed by atoms with van der Waals surface area (Å²) in [5, 5.41) is 25.8. The molecule has 0 bridgehead atoms. The van der Waals surface area contributed by atoms with Gasteiger partial charge in [-0.1, -0.05) is 43.3 Å². The number of rotatable bonds is 12. The van der Waals surface area contributed by atoms with Crippen LogP contribution in [0.3, 0.4) is 0 Å². The fraction of sp³-hybridized carbons (Fsp3) is 0.280. The normalized spacial score (nSPS) is 11.6. The number of methoxy groups -OCH3 is 1. The van der Waals surface area contributed by atoms with E-state index in [9.17, 15) is 19.7 Å². The highest BCUT2D eigenvalue weighted by Gasteiger charge is 2.26. The predicted octanol–water partition coefficient (Wildman–Crippen LogP) is 4.89. The first-order chi connectivity index (χ1) is 18.1. The number of hydrogen-bond donors (Lipinski definition) is 2. The molecule has 1 heterocycles. The molecule has 3 rings (SSSR count). The molecule has 13 heteroatoms. The molecule has 0 spiro atoms. The molecule has 200 valence electrons. The van der Waals surface area contributed by atoms with Crippen LogP contribution in [0.1, 0.15) is 36.1 Å². The van der Waals surface area contributed by atoms with Crippen LogP contribution in [0.25, 0.3) is 0 Å². The van der Waals surface area contributed by atoms with Crippen molar-refractivity contribution in [1.29, 1.82) is 0 Å². The largest absolute Gasteiger partial charge is 0.497 e. The van der Waals surface area contributed by atoms with Crippen molar-refractivity contribution in [3.05, 3.63) is 81.6 Å². The highest BCUT2D eigenvalue weighted by Crippen LogP contribution is 2.28. The van der Waals surface area contributed by atoms with Gasteiger partial charge in [0.15, 0.2) is 11.0 Å². The number of thioether (sulfide) groups is 1. The van der Waals surface area contributed by atoms with Gasteiger partial charge in [0, 0.05) is 24.2 Å². The molecule has 2 amide bonds. The highest BCUT2D eigenvalue weighted by atomic mass is 35.5. The molecular formula is C25H27ClN6O5S. The number of nitro groups is 1. The fourth-order valence-electron chi connectivity index (χ4n) is 3.47. The van der Waals surface area contributed by atoms with Crippen molar-refractivity contribution in [3.8, 4) is 5.75 Å². The SMILES string of the molecule is C=CCn1c(SCC(=O)Nc2cc([N+](=O)[O-])ccc2Cl)nnc1[C@H](NC(=O)c1ccc(OC)cc1)C(C)C. The number of hydrogen-bond acceptors (Lipinski definition) is 8. The number of carbonyl (C=O) groups is 2.